The molecule has 0 saturated heterocycles. The van der Waals surface area contributed by atoms with Gasteiger partial charge in [0.1, 0.15) is 6.79 Å². The van der Waals surface area contributed by atoms with Gasteiger partial charge in [0.05, 0.1) is 12.7 Å². The van der Waals surface area contributed by atoms with E-state index in [0.29, 0.717) is 19.3 Å². The molecular formula is C34H62O3. The van der Waals surface area contributed by atoms with E-state index in [1.807, 2.05) is 25.1 Å². The van der Waals surface area contributed by atoms with Crippen LogP contribution in [0.25, 0.3) is 0 Å². The third kappa shape index (κ3) is 18.9. The van der Waals surface area contributed by atoms with Crippen LogP contribution >= 0.6 is 0 Å². The van der Waals surface area contributed by atoms with Crippen LogP contribution in [0.4, 0.5) is 0 Å². The fourth-order valence-electron chi connectivity index (χ4n) is 6.78. The van der Waals surface area contributed by atoms with Gasteiger partial charge in [-0.15, -0.1) is 0 Å². The first-order valence-electron chi connectivity index (χ1n) is 15.4. The van der Waals surface area contributed by atoms with Crippen molar-refractivity contribution in [3.05, 3.63) is 35.9 Å². The maximum absolute atomic E-state index is 9.63. The van der Waals surface area contributed by atoms with Crippen LogP contribution in [0.15, 0.2) is 30.3 Å². The zero-order valence-corrected chi connectivity index (χ0v) is 25.8. The van der Waals surface area contributed by atoms with Gasteiger partial charge in [-0.3, -0.25) is 0 Å². The number of aliphatic hydroxyl groups excluding tert-OH is 1. The summed E-state index contributed by atoms with van der Waals surface area (Å²) in [5.41, 5.74) is 1.19. The maximum atomic E-state index is 9.63. The van der Waals surface area contributed by atoms with Gasteiger partial charge in [-0.25, -0.2) is 0 Å². The fraction of sp³-hybridized carbons (Fsp3) is 0.824. The zero-order chi connectivity index (χ0) is 27.6. The van der Waals surface area contributed by atoms with Crippen LogP contribution in [0.1, 0.15) is 119 Å². The predicted octanol–water partition coefficient (Wildman–Crippen LogP) is 9.52. The van der Waals surface area contributed by atoms with Gasteiger partial charge in [0.2, 0.25) is 0 Å². The van der Waals surface area contributed by atoms with E-state index in [2.05, 4.69) is 60.6 Å². The number of benzene rings is 1. The normalized spacial score (nSPS) is 18.5. The largest absolute Gasteiger partial charge is 0.393 e. The number of aliphatic hydroxyl groups is 1. The van der Waals surface area contributed by atoms with Crippen LogP contribution < -0.4 is 0 Å². The second kappa shape index (κ2) is 20.1. The average molecular weight is 519 g/mol. The molecule has 0 aliphatic rings. The van der Waals surface area contributed by atoms with E-state index in [4.69, 9.17) is 9.47 Å². The van der Waals surface area contributed by atoms with Crippen molar-refractivity contribution in [3.8, 4) is 0 Å². The van der Waals surface area contributed by atoms with Crippen molar-refractivity contribution >= 4 is 0 Å². The standard InChI is InChI=1S/C34H62O3/c1-26(13-12-16-36-25-37-24-34-14-10-9-11-15-34)17-27(2)18-28(3)19-29(4)20-30(5)21-31(6)22-32(7)23-33(8)35/h9-11,14-15,26-33,35H,12-13,16-25H2,1-8H3. The van der Waals surface area contributed by atoms with Crippen LogP contribution in [-0.2, 0) is 16.1 Å². The Kier molecular flexibility index (Phi) is 18.5. The van der Waals surface area contributed by atoms with Crippen molar-refractivity contribution in [1.29, 1.82) is 0 Å². The van der Waals surface area contributed by atoms with E-state index in [0.717, 1.165) is 55.0 Å². The Labute approximate surface area is 231 Å². The summed E-state index contributed by atoms with van der Waals surface area (Å²) in [6.07, 6.45) is 11.0. The molecule has 0 spiro atoms. The van der Waals surface area contributed by atoms with Crippen molar-refractivity contribution in [2.24, 2.45) is 41.4 Å². The Morgan fingerprint density at radius 3 is 1.46 bits per heavy atom. The Morgan fingerprint density at radius 2 is 1.00 bits per heavy atom. The quantitative estimate of drug-likeness (QED) is 0.123. The van der Waals surface area contributed by atoms with E-state index in [1.54, 1.807) is 0 Å². The summed E-state index contributed by atoms with van der Waals surface area (Å²) in [5.74, 6) is 5.32. The molecule has 0 fully saturated rings. The molecule has 0 heterocycles. The third-order valence-electron chi connectivity index (χ3n) is 7.84. The zero-order valence-electron chi connectivity index (χ0n) is 25.8. The minimum atomic E-state index is -0.170. The fourth-order valence-corrected chi connectivity index (χ4v) is 6.78. The van der Waals surface area contributed by atoms with Crippen LogP contribution in [0, 0.1) is 41.4 Å². The summed E-state index contributed by atoms with van der Waals surface area (Å²) in [6.45, 7) is 20.6. The molecule has 0 aromatic heterocycles. The van der Waals surface area contributed by atoms with Gasteiger partial charge in [-0.1, -0.05) is 78.8 Å². The number of rotatable bonds is 22. The van der Waals surface area contributed by atoms with E-state index < -0.39 is 0 Å². The maximum Gasteiger partial charge on any atom is 0.147 e. The SMILES string of the molecule is CC(O)CC(C)CC(C)CC(C)CC(C)CC(C)CC(C)CC(C)CCCOCOCc1ccccc1. The molecule has 1 aromatic carbocycles. The molecule has 0 saturated carbocycles. The van der Waals surface area contributed by atoms with Gasteiger partial charge in [0.15, 0.2) is 0 Å². The number of hydrogen-bond acceptors (Lipinski definition) is 3. The van der Waals surface area contributed by atoms with Crippen LogP contribution in [0.5, 0.6) is 0 Å². The molecule has 0 radical (unpaired) electrons. The molecule has 0 bridgehead atoms. The van der Waals surface area contributed by atoms with Gasteiger partial charge in [-0.2, -0.15) is 0 Å². The molecule has 1 rings (SSSR count). The molecule has 3 heteroatoms. The molecule has 1 N–H and O–H groups in total. The lowest BCUT2D eigenvalue weighted by molar-refractivity contribution is -0.0628. The highest BCUT2D eigenvalue weighted by Crippen LogP contribution is 2.30. The van der Waals surface area contributed by atoms with Gasteiger partial charge < -0.3 is 14.6 Å². The first kappa shape index (κ1) is 34.1. The van der Waals surface area contributed by atoms with Gasteiger partial charge in [0, 0.05) is 6.61 Å². The summed E-state index contributed by atoms with van der Waals surface area (Å²) in [7, 11) is 0. The van der Waals surface area contributed by atoms with Crippen molar-refractivity contribution in [2.45, 2.75) is 126 Å². The summed E-state index contributed by atoms with van der Waals surface area (Å²) >= 11 is 0. The Balaban J connectivity index is 2.11. The van der Waals surface area contributed by atoms with Crippen LogP contribution in [0.3, 0.4) is 0 Å². The van der Waals surface area contributed by atoms with E-state index in [1.165, 1.54) is 50.5 Å². The third-order valence-corrected chi connectivity index (χ3v) is 7.84. The highest BCUT2D eigenvalue weighted by molar-refractivity contribution is 5.13. The lowest BCUT2D eigenvalue weighted by Gasteiger charge is -2.26. The smallest absolute Gasteiger partial charge is 0.147 e. The van der Waals surface area contributed by atoms with Crippen molar-refractivity contribution in [3.63, 3.8) is 0 Å². The van der Waals surface area contributed by atoms with Gasteiger partial charge in [0.25, 0.3) is 0 Å². The Hall–Kier alpha value is -0.900. The van der Waals surface area contributed by atoms with E-state index in [-0.39, 0.29) is 6.10 Å². The van der Waals surface area contributed by atoms with Crippen molar-refractivity contribution < 1.29 is 14.6 Å². The lowest BCUT2D eigenvalue weighted by Crippen LogP contribution is -2.15. The average Bonchev–Trinajstić information content (AvgIpc) is 2.77. The Morgan fingerprint density at radius 1 is 0.568 bits per heavy atom. The minimum absolute atomic E-state index is 0.170. The number of ether oxygens (including phenoxy) is 2. The molecule has 8 atom stereocenters. The Bertz CT molecular complexity index is 646. The topological polar surface area (TPSA) is 38.7 Å². The second-order valence-corrected chi connectivity index (χ2v) is 13.2. The summed E-state index contributed by atoms with van der Waals surface area (Å²) in [6, 6.07) is 10.3. The summed E-state index contributed by atoms with van der Waals surface area (Å²) < 4.78 is 11.3. The lowest BCUT2D eigenvalue weighted by atomic mass is 9.80. The molecule has 37 heavy (non-hydrogen) atoms. The first-order valence-corrected chi connectivity index (χ1v) is 15.4. The van der Waals surface area contributed by atoms with Crippen LogP contribution in [0.2, 0.25) is 0 Å². The minimum Gasteiger partial charge on any atom is -0.393 e. The molecule has 8 unspecified atom stereocenters. The van der Waals surface area contributed by atoms with Gasteiger partial charge in [-0.05, 0) is 112 Å². The molecule has 3 nitrogen and oxygen atoms in total. The highest BCUT2D eigenvalue weighted by atomic mass is 16.7. The monoisotopic (exact) mass is 518 g/mol. The second-order valence-electron chi connectivity index (χ2n) is 13.2. The van der Waals surface area contributed by atoms with Crippen LogP contribution in [-0.4, -0.2) is 24.6 Å². The molecule has 1 aromatic rings. The number of hydrogen-bond donors (Lipinski definition) is 1. The van der Waals surface area contributed by atoms with E-state index >= 15 is 0 Å². The molecule has 0 aliphatic heterocycles. The van der Waals surface area contributed by atoms with Gasteiger partial charge >= 0.3 is 0 Å². The summed E-state index contributed by atoms with van der Waals surface area (Å²) in [5, 5.41) is 9.63. The van der Waals surface area contributed by atoms with Crippen molar-refractivity contribution in [1.82, 2.24) is 0 Å². The molecular weight excluding hydrogens is 456 g/mol. The predicted molar refractivity (Wildman–Crippen MR) is 159 cm³/mol. The molecule has 216 valence electrons. The summed E-state index contributed by atoms with van der Waals surface area (Å²) in [4.78, 5) is 0. The molecule has 0 aliphatic carbocycles. The molecule has 0 amide bonds. The van der Waals surface area contributed by atoms with E-state index in [9.17, 15) is 5.11 Å². The van der Waals surface area contributed by atoms with Crippen molar-refractivity contribution in [2.75, 3.05) is 13.4 Å². The highest BCUT2D eigenvalue weighted by Gasteiger charge is 2.19. The first-order chi connectivity index (χ1) is 17.5.